The van der Waals surface area contributed by atoms with Crippen LogP contribution in [-0.2, 0) is 5.41 Å². The fourth-order valence-corrected chi connectivity index (χ4v) is 10.8. The van der Waals surface area contributed by atoms with Crippen molar-refractivity contribution in [3.63, 3.8) is 0 Å². The van der Waals surface area contributed by atoms with Crippen molar-refractivity contribution in [2.75, 3.05) is 0 Å². The minimum absolute atomic E-state index is 0.464. The van der Waals surface area contributed by atoms with Gasteiger partial charge >= 0.3 is 0 Å². The van der Waals surface area contributed by atoms with E-state index in [2.05, 4.69) is 212 Å². The maximum atomic E-state index is 5.23. The van der Waals surface area contributed by atoms with E-state index >= 15 is 0 Å². The molecule has 11 aromatic rings. The smallest absolute Gasteiger partial charge is 0.160 e. The topological polar surface area (TPSA) is 25.8 Å². The lowest BCUT2D eigenvalue weighted by molar-refractivity contribution is 0.769. The summed E-state index contributed by atoms with van der Waals surface area (Å²) in [4.78, 5) is 10.4. The first-order valence-electron chi connectivity index (χ1n) is 21.1. The molecule has 2 nitrogen and oxygen atoms in total. The van der Waals surface area contributed by atoms with Crippen molar-refractivity contribution in [2.24, 2.45) is 0 Å². The Kier molecular flexibility index (Phi) is 8.62. The van der Waals surface area contributed by atoms with Crippen molar-refractivity contribution >= 4 is 31.5 Å². The van der Waals surface area contributed by atoms with Crippen LogP contribution in [0.5, 0.6) is 0 Å². The van der Waals surface area contributed by atoms with Crippen LogP contribution in [0.2, 0.25) is 0 Å². The van der Waals surface area contributed by atoms with Crippen molar-refractivity contribution in [2.45, 2.75) is 5.41 Å². The van der Waals surface area contributed by atoms with E-state index in [0.29, 0.717) is 5.82 Å². The van der Waals surface area contributed by atoms with Crippen LogP contribution in [-0.4, -0.2) is 9.97 Å². The molecule has 3 heteroatoms. The summed E-state index contributed by atoms with van der Waals surface area (Å²) in [5, 5.41) is 2.62. The van der Waals surface area contributed by atoms with E-state index in [9.17, 15) is 0 Å². The third kappa shape index (κ3) is 5.93. The average molecular weight is 807 g/mol. The monoisotopic (exact) mass is 806 g/mol. The van der Waals surface area contributed by atoms with Gasteiger partial charge in [-0.15, -0.1) is 11.3 Å². The third-order valence-corrected chi connectivity index (χ3v) is 13.8. The molecule has 12 rings (SSSR count). The quantitative estimate of drug-likeness (QED) is 0.160. The summed E-state index contributed by atoms with van der Waals surface area (Å²) in [6.07, 6.45) is 0. The number of hydrogen-bond donors (Lipinski definition) is 0. The molecule has 0 saturated heterocycles. The Labute approximate surface area is 365 Å². The highest BCUT2D eigenvalue weighted by atomic mass is 32.1. The molecule has 0 unspecified atom stereocenters. The summed E-state index contributed by atoms with van der Waals surface area (Å²) in [6, 6.07) is 83.5. The van der Waals surface area contributed by atoms with Crippen molar-refractivity contribution in [1.29, 1.82) is 0 Å². The minimum Gasteiger partial charge on any atom is -0.228 e. The summed E-state index contributed by atoms with van der Waals surface area (Å²) in [5.74, 6) is 0.702. The number of hydrogen-bond acceptors (Lipinski definition) is 3. The van der Waals surface area contributed by atoms with E-state index in [4.69, 9.17) is 9.97 Å². The Morgan fingerprint density at radius 1 is 0.306 bits per heavy atom. The van der Waals surface area contributed by atoms with E-state index in [1.54, 1.807) is 0 Å². The van der Waals surface area contributed by atoms with Gasteiger partial charge < -0.3 is 0 Å². The zero-order chi connectivity index (χ0) is 41.0. The van der Waals surface area contributed by atoms with Gasteiger partial charge in [0.2, 0.25) is 0 Å². The zero-order valence-corrected chi connectivity index (χ0v) is 34.6. The molecule has 0 N–H and O–H groups in total. The highest BCUT2D eigenvalue weighted by Crippen LogP contribution is 2.56. The number of benzene rings is 9. The maximum Gasteiger partial charge on any atom is 0.160 e. The lowest BCUT2D eigenvalue weighted by atomic mass is 9.67. The summed E-state index contributed by atoms with van der Waals surface area (Å²) in [5.41, 5.74) is 16.7. The van der Waals surface area contributed by atoms with Gasteiger partial charge in [-0.05, 0) is 92.0 Å². The van der Waals surface area contributed by atoms with Gasteiger partial charge in [-0.1, -0.05) is 194 Å². The molecule has 62 heavy (non-hydrogen) atoms. The zero-order valence-electron chi connectivity index (χ0n) is 33.7. The molecule has 0 bridgehead atoms. The summed E-state index contributed by atoms with van der Waals surface area (Å²) in [6.45, 7) is 0. The van der Waals surface area contributed by atoms with Crippen molar-refractivity contribution in [1.82, 2.24) is 9.97 Å². The first kappa shape index (κ1) is 36.2. The number of aromatic nitrogens is 2. The second-order valence-corrected chi connectivity index (χ2v) is 17.2. The maximum absolute atomic E-state index is 5.23. The summed E-state index contributed by atoms with van der Waals surface area (Å²) < 4.78 is 2.63. The highest BCUT2D eigenvalue weighted by Gasteiger charge is 2.46. The Bertz CT molecular complexity index is 3400. The molecular weight excluding hydrogens is 769 g/mol. The number of fused-ring (bicyclic) bond motifs is 6. The highest BCUT2D eigenvalue weighted by molar-refractivity contribution is 7.25. The van der Waals surface area contributed by atoms with E-state index in [1.807, 2.05) is 29.5 Å². The van der Waals surface area contributed by atoms with Crippen molar-refractivity contribution in [3.05, 3.63) is 253 Å². The predicted octanol–water partition coefficient (Wildman–Crippen LogP) is 15.5. The minimum atomic E-state index is -0.464. The first-order valence-corrected chi connectivity index (χ1v) is 22.0. The second-order valence-electron chi connectivity index (χ2n) is 16.1. The van der Waals surface area contributed by atoms with Crippen molar-refractivity contribution < 1.29 is 0 Å². The number of rotatable bonds is 7. The van der Waals surface area contributed by atoms with E-state index in [1.165, 1.54) is 64.7 Å². The van der Waals surface area contributed by atoms with Crippen LogP contribution in [0.3, 0.4) is 0 Å². The third-order valence-electron chi connectivity index (χ3n) is 12.6. The molecule has 0 fully saturated rings. The molecule has 0 spiro atoms. The molecule has 0 radical (unpaired) electrons. The Hall–Kier alpha value is -7.72. The molecule has 290 valence electrons. The van der Waals surface area contributed by atoms with Crippen LogP contribution in [0.1, 0.15) is 22.3 Å². The van der Waals surface area contributed by atoms with E-state index in [0.717, 1.165) is 39.2 Å². The second kappa shape index (κ2) is 14.8. The molecule has 9 aromatic carbocycles. The molecule has 2 heterocycles. The molecule has 1 aliphatic rings. The SMILES string of the molecule is c1ccc(-c2nc(-c3ccc(-c4ccc5sc6ccccc6c5c4)cc3)cc(-c3cccc(-c4ccc5c(c4)C(c4ccccc4)(c4ccccc4)c4ccccc4-5)c3)n2)cc1. The molecule has 1 aliphatic carbocycles. The predicted molar refractivity (Wildman–Crippen MR) is 259 cm³/mol. The molecule has 0 atom stereocenters. The van der Waals surface area contributed by atoms with Crippen LogP contribution in [0, 0.1) is 0 Å². The fourth-order valence-electron chi connectivity index (χ4n) is 9.68. The molecule has 0 amide bonds. The summed E-state index contributed by atoms with van der Waals surface area (Å²) >= 11 is 1.85. The molecule has 2 aromatic heterocycles. The molecular formula is C59H38N2S. The van der Waals surface area contributed by atoms with Crippen LogP contribution < -0.4 is 0 Å². The van der Waals surface area contributed by atoms with Crippen LogP contribution in [0.25, 0.3) is 87.5 Å². The Balaban J connectivity index is 0.957. The van der Waals surface area contributed by atoms with Gasteiger partial charge in [0.05, 0.1) is 16.8 Å². The normalized spacial score (nSPS) is 12.6. The lowest BCUT2D eigenvalue weighted by Crippen LogP contribution is -2.28. The standard InChI is InChI=1S/C59H38N2S/c1-4-15-41(16-5-1)58-60-54(40-29-27-39(28-30-40)43-32-34-57-51(36-43)50-24-11-13-26-56(50)62-57)38-55(61-58)45-18-14-17-42(35-45)44-31-33-49-48-23-10-12-25-52(48)59(53(49)37-44,46-19-6-2-7-20-46)47-21-8-3-9-22-47/h1-38H. The van der Waals surface area contributed by atoms with Crippen LogP contribution in [0.4, 0.5) is 0 Å². The first-order chi connectivity index (χ1) is 30.7. The van der Waals surface area contributed by atoms with Crippen LogP contribution in [0.15, 0.2) is 231 Å². The molecule has 0 saturated carbocycles. The van der Waals surface area contributed by atoms with Gasteiger partial charge in [-0.25, -0.2) is 9.97 Å². The summed E-state index contributed by atoms with van der Waals surface area (Å²) in [7, 11) is 0. The average Bonchev–Trinajstić information content (AvgIpc) is 3.88. The van der Waals surface area contributed by atoms with E-state index in [-0.39, 0.29) is 0 Å². The van der Waals surface area contributed by atoms with Crippen LogP contribution >= 0.6 is 11.3 Å². The molecule has 0 aliphatic heterocycles. The fraction of sp³-hybridized carbons (Fsp3) is 0.0169. The Morgan fingerprint density at radius 3 is 1.61 bits per heavy atom. The Morgan fingerprint density at radius 2 is 0.839 bits per heavy atom. The number of thiophene rings is 1. The van der Waals surface area contributed by atoms with Gasteiger partial charge in [0.1, 0.15) is 0 Å². The van der Waals surface area contributed by atoms with E-state index < -0.39 is 5.41 Å². The van der Waals surface area contributed by atoms with Gasteiger partial charge in [-0.2, -0.15) is 0 Å². The van der Waals surface area contributed by atoms with Crippen molar-refractivity contribution in [3.8, 4) is 67.3 Å². The van der Waals surface area contributed by atoms with Gasteiger partial charge in [0.25, 0.3) is 0 Å². The largest absolute Gasteiger partial charge is 0.228 e. The van der Waals surface area contributed by atoms with Gasteiger partial charge in [-0.3, -0.25) is 0 Å². The number of nitrogens with zero attached hydrogens (tertiary/aromatic N) is 2. The van der Waals surface area contributed by atoms with Gasteiger partial charge in [0.15, 0.2) is 5.82 Å². The lowest BCUT2D eigenvalue weighted by Gasteiger charge is -2.34. The van der Waals surface area contributed by atoms with Gasteiger partial charge in [0, 0.05) is 36.9 Å².